The number of rotatable bonds is 3. The van der Waals surface area contributed by atoms with Crippen LogP contribution in [0.2, 0.25) is 0 Å². The maximum absolute atomic E-state index is 4.49. The lowest BCUT2D eigenvalue weighted by molar-refractivity contribution is 1.01. The Hall–Kier alpha value is -5.74. The molecule has 0 aliphatic heterocycles. The fraction of sp³-hybridized carbons (Fsp3) is 0. The van der Waals surface area contributed by atoms with Crippen molar-refractivity contribution >= 4 is 54.4 Å². The molecule has 0 amide bonds. The minimum atomic E-state index is 0.853. The maximum Gasteiger partial charge on any atom is 0.0950 e. The van der Waals surface area contributed by atoms with Crippen molar-refractivity contribution in [2.45, 2.75) is 0 Å². The number of hydrogen-bond acceptors (Lipinski definition) is 2. The molecule has 0 atom stereocenters. The molecule has 0 radical (unpaired) electrons. The highest BCUT2D eigenvalue weighted by Crippen LogP contribution is 2.42. The van der Waals surface area contributed by atoms with Gasteiger partial charge in [0, 0.05) is 43.6 Å². The summed E-state index contributed by atoms with van der Waals surface area (Å²) < 4.78 is 4.77. The van der Waals surface area contributed by atoms with Crippen LogP contribution < -0.4 is 0 Å². The monoisotopic (exact) mass is 536 g/mol. The van der Waals surface area contributed by atoms with Crippen molar-refractivity contribution in [2.24, 2.45) is 0 Å². The van der Waals surface area contributed by atoms with Crippen molar-refractivity contribution in [1.82, 2.24) is 19.3 Å². The van der Waals surface area contributed by atoms with Gasteiger partial charge < -0.3 is 9.13 Å². The lowest BCUT2D eigenvalue weighted by atomic mass is 10.0. The maximum atomic E-state index is 4.49. The molecule has 9 aromatic rings. The molecule has 4 nitrogen and oxygen atoms in total. The third-order valence-corrected chi connectivity index (χ3v) is 8.44. The zero-order chi connectivity index (χ0) is 27.6. The second-order valence-electron chi connectivity index (χ2n) is 10.7. The predicted molar refractivity (Wildman–Crippen MR) is 174 cm³/mol. The highest BCUT2D eigenvalue weighted by molar-refractivity contribution is 6.26. The van der Waals surface area contributed by atoms with E-state index < -0.39 is 0 Å². The molecule has 0 aliphatic rings. The Labute approximate surface area is 241 Å². The first-order valence-corrected chi connectivity index (χ1v) is 14.2. The summed E-state index contributed by atoms with van der Waals surface area (Å²) >= 11 is 0. The Bertz CT molecular complexity index is 2450. The quantitative estimate of drug-likeness (QED) is 0.225. The van der Waals surface area contributed by atoms with Crippen molar-refractivity contribution in [2.75, 3.05) is 0 Å². The summed E-state index contributed by atoms with van der Waals surface area (Å²) in [7, 11) is 0. The van der Waals surface area contributed by atoms with Crippen LogP contribution in [0.25, 0.3) is 77.0 Å². The molecule has 4 heteroatoms. The van der Waals surface area contributed by atoms with E-state index in [1.54, 1.807) is 0 Å². The minimum Gasteiger partial charge on any atom is -0.309 e. The first kappa shape index (κ1) is 23.0. The first-order chi connectivity index (χ1) is 20.9. The van der Waals surface area contributed by atoms with E-state index in [1.165, 1.54) is 48.9 Å². The molecule has 0 aliphatic carbocycles. The zero-order valence-electron chi connectivity index (χ0n) is 22.6. The van der Waals surface area contributed by atoms with Gasteiger partial charge in [-0.3, -0.25) is 0 Å². The Morgan fingerprint density at radius 2 is 0.881 bits per heavy atom. The number of hydrogen-bond donors (Lipinski definition) is 0. The molecular formula is C38H24N4. The summed E-state index contributed by atoms with van der Waals surface area (Å²) in [6.07, 6.45) is 1.87. The summed E-state index contributed by atoms with van der Waals surface area (Å²) in [5, 5.41) is 16.3. The van der Waals surface area contributed by atoms with Crippen LogP contribution in [0.5, 0.6) is 0 Å². The van der Waals surface area contributed by atoms with Crippen molar-refractivity contribution in [3.63, 3.8) is 0 Å². The van der Waals surface area contributed by atoms with Crippen LogP contribution in [0.3, 0.4) is 0 Å². The van der Waals surface area contributed by atoms with Crippen LogP contribution in [0.15, 0.2) is 146 Å². The van der Waals surface area contributed by atoms with Gasteiger partial charge in [-0.2, -0.15) is 10.2 Å². The smallest absolute Gasteiger partial charge is 0.0950 e. The third kappa shape index (κ3) is 3.23. The summed E-state index contributed by atoms with van der Waals surface area (Å²) in [6.45, 7) is 0. The summed E-state index contributed by atoms with van der Waals surface area (Å²) in [5.74, 6) is 0. The number of nitrogens with zero attached hydrogens (tertiary/aromatic N) is 4. The van der Waals surface area contributed by atoms with Crippen molar-refractivity contribution in [3.8, 4) is 22.6 Å². The van der Waals surface area contributed by atoms with Gasteiger partial charge in [-0.15, -0.1) is 0 Å². The normalized spacial score (nSPS) is 11.8. The standard InChI is InChI=1S/C38H24N4/c1-3-11-25(12-4-1)34-23-27(24-39-40-34)42-36-18-10-8-16-29(36)31-20-21-32-33(38(31)42)22-19-30-28-15-7-9-17-35(28)41(37(30)32)26-13-5-2-6-14-26/h1-24H. The fourth-order valence-electron chi connectivity index (χ4n) is 6.67. The van der Waals surface area contributed by atoms with E-state index in [0.717, 1.165) is 28.1 Å². The lowest BCUT2D eigenvalue weighted by Crippen LogP contribution is -1.98. The van der Waals surface area contributed by atoms with Crippen LogP contribution in [-0.4, -0.2) is 19.3 Å². The molecule has 0 spiro atoms. The van der Waals surface area contributed by atoms with Gasteiger partial charge in [-0.1, -0.05) is 109 Å². The molecule has 0 N–H and O–H groups in total. The molecule has 196 valence electrons. The van der Waals surface area contributed by atoms with E-state index in [-0.39, 0.29) is 0 Å². The lowest BCUT2D eigenvalue weighted by Gasteiger charge is -2.13. The second-order valence-corrected chi connectivity index (χ2v) is 10.7. The van der Waals surface area contributed by atoms with E-state index in [2.05, 4.69) is 141 Å². The van der Waals surface area contributed by atoms with Gasteiger partial charge in [0.1, 0.15) is 0 Å². The van der Waals surface area contributed by atoms with E-state index in [4.69, 9.17) is 0 Å². The molecule has 3 aromatic heterocycles. The molecule has 0 saturated heterocycles. The number of fused-ring (bicyclic) bond motifs is 9. The summed E-state index contributed by atoms with van der Waals surface area (Å²) in [5.41, 5.74) is 8.80. The molecule has 0 saturated carbocycles. The van der Waals surface area contributed by atoms with Crippen LogP contribution >= 0.6 is 0 Å². The Morgan fingerprint density at radius 3 is 1.48 bits per heavy atom. The number of para-hydroxylation sites is 3. The fourth-order valence-corrected chi connectivity index (χ4v) is 6.67. The van der Waals surface area contributed by atoms with Gasteiger partial charge in [0.15, 0.2) is 0 Å². The predicted octanol–water partition coefficient (Wildman–Crippen LogP) is 9.49. The second kappa shape index (κ2) is 8.88. The Morgan fingerprint density at radius 1 is 0.405 bits per heavy atom. The summed E-state index contributed by atoms with van der Waals surface area (Å²) in [4.78, 5) is 0. The van der Waals surface area contributed by atoms with Gasteiger partial charge in [0.25, 0.3) is 0 Å². The van der Waals surface area contributed by atoms with Crippen LogP contribution in [0.1, 0.15) is 0 Å². The van der Waals surface area contributed by atoms with Crippen LogP contribution in [0.4, 0.5) is 0 Å². The molecule has 42 heavy (non-hydrogen) atoms. The van der Waals surface area contributed by atoms with Gasteiger partial charge in [0.2, 0.25) is 0 Å². The Balaban J connectivity index is 1.44. The average Bonchev–Trinajstić information content (AvgIpc) is 3.59. The van der Waals surface area contributed by atoms with Crippen molar-refractivity contribution < 1.29 is 0 Å². The molecule has 9 rings (SSSR count). The largest absolute Gasteiger partial charge is 0.309 e. The molecule has 0 unspecified atom stereocenters. The van der Waals surface area contributed by atoms with E-state index in [0.29, 0.717) is 0 Å². The zero-order valence-corrected chi connectivity index (χ0v) is 22.6. The highest BCUT2D eigenvalue weighted by atomic mass is 15.1. The van der Waals surface area contributed by atoms with Crippen LogP contribution in [0, 0.1) is 0 Å². The number of benzene rings is 6. The van der Waals surface area contributed by atoms with Gasteiger partial charge in [0.05, 0.1) is 39.6 Å². The van der Waals surface area contributed by atoms with Crippen LogP contribution in [-0.2, 0) is 0 Å². The first-order valence-electron chi connectivity index (χ1n) is 14.2. The van der Waals surface area contributed by atoms with Crippen molar-refractivity contribution in [1.29, 1.82) is 0 Å². The molecule has 0 bridgehead atoms. The third-order valence-electron chi connectivity index (χ3n) is 8.44. The highest BCUT2D eigenvalue weighted by Gasteiger charge is 2.20. The number of aromatic nitrogens is 4. The average molecular weight is 537 g/mol. The topological polar surface area (TPSA) is 35.6 Å². The van der Waals surface area contributed by atoms with Gasteiger partial charge >= 0.3 is 0 Å². The molecule has 3 heterocycles. The minimum absolute atomic E-state index is 0.853. The Kier molecular flexibility index (Phi) is 4.87. The van der Waals surface area contributed by atoms with E-state index >= 15 is 0 Å². The van der Waals surface area contributed by atoms with E-state index in [1.807, 2.05) is 24.4 Å². The SMILES string of the molecule is c1ccc(-c2cc(-n3c4ccccc4c4ccc5c(ccc6c7ccccc7n(-c7ccccc7)c65)c43)cnn2)cc1. The molecular weight excluding hydrogens is 512 g/mol. The molecule has 0 fully saturated rings. The van der Waals surface area contributed by atoms with Gasteiger partial charge in [-0.25, -0.2) is 0 Å². The summed E-state index contributed by atoms with van der Waals surface area (Å²) in [6, 6.07) is 49.6. The van der Waals surface area contributed by atoms with Gasteiger partial charge in [-0.05, 0) is 30.3 Å². The van der Waals surface area contributed by atoms with Crippen molar-refractivity contribution in [3.05, 3.63) is 146 Å². The molecule has 6 aromatic carbocycles. The van der Waals surface area contributed by atoms with E-state index in [9.17, 15) is 0 Å².